The molecule has 2 aliphatic rings. The molecule has 4 nitrogen and oxygen atoms in total. The number of fused-ring (bicyclic) bond motifs is 1. The van der Waals surface area contributed by atoms with Gasteiger partial charge in [-0.25, -0.2) is 0 Å². The molecular weight excluding hydrogens is 264 g/mol. The third kappa shape index (κ3) is 3.05. The van der Waals surface area contributed by atoms with Crippen LogP contribution >= 0.6 is 0 Å². The van der Waals surface area contributed by atoms with E-state index in [-0.39, 0.29) is 11.8 Å². The van der Waals surface area contributed by atoms with Crippen LogP contribution in [0.2, 0.25) is 0 Å². The fraction of sp³-hybridized carbons (Fsp3) is 0.588. The number of ether oxygens (including phenoxy) is 1. The van der Waals surface area contributed by atoms with E-state index in [1.54, 1.807) is 0 Å². The second kappa shape index (κ2) is 6.48. The highest BCUT2D eigenvalue weighted by Crippen LogP contribution is 2.35. The van der Waals surface area contributed by atoms with E-state index in [0.717, 1.165) is 50.2 Å². The standard InChI is InChI=1S/C17H24N2O2/c1-2-9-18-13-7-10-19(11-8-13)17(20)15-12-21-16-6-4-3-5-14(15)16/h3-6,13,15,18H,2,7-12H2,1H3. The van der Waals surface area contributed by atoms with E-state index in [9.17, 15) is 4.79 Å². The second-order valence-electron chi connectivity index (χ2n) is 5.96. The zero-order valence-electron chi connectivity index (χ0n) is 12.7. The Morgan fingerprint density at radius 3 is 2.86 bits per heavy atom. The predicted octanol–water partition coefficient (Wildman–Crippen LogP) is 2.15. The van der Waals surface area contributed by atoms with Crippen LogP contribution in [0.3, 0.4) is 0 Å². The number of carbonyl (C=O) groups excluding carboxylic acids is 1. The second-order valence-corrected chi connectivity index (χ2v) is 5.96. The number of nitrogens with zero attached hydrogens (tertiary/aromatic N) is 1. The monoisotopic (exact) mass is 288 g/mol. The Balaban J connectivity index is 1.58. The number of para-hydroxylation sites is 1. The minimum atomic E-state index is -0.110. The van der Waals surface area contributed by atoms with Gasteiger partial charge in [0.2, 0.25) is 5.91 Å². The molecule has 0 radical (unpaired) electrons. The number of hydrogen-bond acceptors (Lipinski definition) is 3. The van der Waals surface area contributed by atoms with E-state index in [2.05, 4.69) is 12.2 Å². The third-order valence-corrected chi connectivity index (χ3v) is 4.49. The van der Waals surface area contributed by atoms with Gasteiger partial charge >= 0.3 is 0 Å². The fourth-order valence-corrected chi connectivity index (χ4v) is 3.24. The van der Waals surface area contributed by atoms with Gasteiger partial charge in [-0.1, -0.05) is 25.1 Å². The van der Waals surface area contributed by atoms with E-state index in [1.165, 1.54) is 0 Å². The molecule has 1 saturated heterocycles. The highest BCUT2D eigenvalue weighted by molar-refractivity contribution is 5.85. The lowest BCUT2D eigenvalue weighted by molar-refractivity contribution is -0.134. The molecule has 2 heterocycles. The number of likely N-dealkylation sites (tertiary alicyclic amines) is 1. The lowest BCUT2D eigenvalue weighted by Crippen LogP contribution is -2.46. The first-order valence-corrected chi connectivity index (χ1v) is 8.03. The molecule has 1 atom stereocenters. The van der Waals surface area contributed by atoms with Crippen molar-refractivity contribution in [2.45, 2.75) is 38.1 Å². The average Bonchev–Trinajstić information content (AvgIpc) is 2.97. The van der Waals surface area contributed by atoms with Crippen molar-refractivity contribution in [1.29, 1.82) is 0 Å². The molecule has 21 heavy (non-hydrogen) atoms. The first-order chi connectivity index (χ1) is 10.3. The first-order valence-electron chi connectivity index (χ1n) is 8.03. The van der Waals surface area contributed by atoms with Crippen LogP contribution in [-0.4, -0.2) is 43.1 Å². The van der Waals surface area contributed by atoms with E-state index in [4.69, 9.17) is 4.74 Å². The lowest BCUT2D eigenvalue weighted by atomic mass is 9.97. The Bertz CT molecular complexity index is 495. The number of carbonyl (C=O) groups is 1. The van der Waals surface area contributed by atoms with E-state index < -0.39 is 0 Å². The van der Waals surface area contributed by atoms with Gasteiger partial charge in [-0.15, -0.1) is 0 Å². The Morgan fingerprint density at radius 2 is 2.10 bits per heavy atom. The molecule has 3 rings (SSSR count). The van der Waals surface area contributed by atoms with Crippen molar-refractivity contribution < 1.29 is 9.53 Å². The SMILES string of the molecule is CCCNC1CCN(C(=O)C2COc3ccccc32)CC1. The number of rotatable bonds is 4. The minimum Gasteiger partial charge on any atom is -0.492 e. The van der Waals surface area contributed by atoms with Crippen molar-refractivity contribution in [2.75, 3.05) is 26.2 Å². The first kappa shape index (κ1) is 14.4. The highest BCUT2D eigenvalue weighted by Gasteiger charge is 2.34. The Labute approximate surface area is 126 Å². The summed E-state index contributed by atoms with van der Waals surface area (Å²) in [5.74, 6) is 0.991. The van der Waals surface area contributed by atoms with Gasteiger partial charge in [0.1, 0.15) is 18.3 Å². The molecule has 1 unspecified atom stereocenters. The van der Waals surface area contributed by atoms with E-state index in [1.807, 2.05) is 29.2 Å². The van der Waals surface area contributed by atoms with Gasteiger partial charge in [0.25, 0.3) is 0 Å². The van der Waals surface area contributed by atoms with Crippen LogP contribution in [0.5, 0.6) is 5.75 Å². The summed E-state index contributed by atoms with van der Waals surface area (Å²) in [4.78, 5) is 14.7. The van der Waals surface area contributed by atoms with Crippen LogP contribution in [-0.2, 0) is 4.79 Å². The Hall–Kier alpha value is -1.55. The third-order valence-electron chi connectivity index (χ3n) is 4.49. The van der Waals surface area contributed by atoms with Crippen LogP contribution < -0.4 is 10.1 Å². The predicted molar refractivity (Wildman–Crippen MR) is 82.6 cm³/mol. The number of amides is 1. The summed E-state index contributed by atoms with van der Waals surface area (Å²) in [6.45, 7) is 5.47. The van der Waals surface area contributed by atoms with Crippen molar-refractivity contribution in [3.63, 3.8) is 0 Å². The number of hydrogen-bond donors (Lipinski definition) is 1. The minimum absolute atomic E-state index is 0.110. The maximum atomic E-state index is 12.7. The van der Waals surface area contributed by atoms with Gasteiger partial charge in [0.05, 0.1) is 0 Å². The molecule has 0 spiro atoms. The highest BCUT2D eigenvalue weighted by atomic mass is 16.5. The molecule has 1 N–H and O–H groups in total. The van der Waals surface area contributed by atoms with Crippen LogP contribution in [0.4, 0.5) is 0 Å². The molecule has 114 valence electrons. The summed E-state index contributed by atoms with van der Waals surface area (Å²) in [5, 5.41) is 3.55. The normalized spacial score (nSPS) is 22.0. The molecule has 4 heteroatoms. The average molecular weight is 288 g/mol. The van der Waals surface area contributed by atoms with Crippen molar-refractivity contribution in [3.05, 3.63) is 29.8 Å². The lowest BCUT2D eigenvalue weighted by Gasteiger charge is -2.33. The molecule has 1 aromatic rings. The molecule has 0 saturated carbocycles. The smallest absolute Gasteiger partial charge is 0.233 e. The van der Waals surface area contributed by atoms with Crippen LogP contribution in [0.25, 0.3) is 0 Å². The van der Waals surface area contributed by atoms with Crippen molar-refractivity contribution in [3.8, 4) is 5.75 Å². The number of benzene rings is 1. The van der Waals surface area contributed by atoms with Gasteiger partial charge < -0.3 is 15.0 Å². The topological polar surface area (TPSA) is 41.6 Å². The van der Waals surface area contributed by atoms with E-state index in [0.29, 0.717) is 12.6 Å². The Morgan fingerprint density at radius 1 is 1.33 bits per heavy atom. The molecule has 2 aliphatic heterocycles. The summed E-state index contributed by atoms with van der Waals surface area (Å²) < 4.78 is 5.64. The van der Waals surface area contributed by atoms with Gasteiger partial charge in [0, 0.05) is 24.7 Å². The summed E-state index contributed by atoms with van der Waals surface area (Å²) in [6, 6.07) is 8.47. The zero-order valence-corrected chi connectivity index (χ0v) is 12.7. The number of piperidine rings is 1. The molecule has 1 amide bonds. The van der Waals surface area contributed by atoms with Crippen LogP contribution in [0.15, 0.2) is 24.3 Å². The largest absolute Gasteiger partial charge is 0.492 e. The van der Waals surface area contributed by atoms with Gasteiger partial charge in [-0.05, 0) is 31.9 Å². The Kier molecular flexibility index (Phi) is 4.44. The van der Waals surface area contributed by atoms with E-state index >= 15 is 0 Å². The van der Waals surface area contributed by atoms with Gasteiger partial charge in [-0.2, -0.15) is 0 Å². The van der Waals surface area contributed by atoms with Crippen LogP contribution in [0.1, 0.15) is 37.7 Å². The molecule has 0 bridgehead atoms. The molecule has 1 fully saturated rings. The van der Waals surface area contributed by atoms with Gasteiger partial charge in [0.15, 0.2) is 0 Å². The maximum Gasteiger partial charge on any atom is 0.233 e. The molecule has 0 aromatic heterocycles. The van der Waals surface area contributed by atoms with Crippen LogP contribution in [0, 0.1) is 0 Å². The summed E-state index contributed by atoms with van der Waals surface area (Å²) >= 11 is 0. The molecule has 0 aliphatic carbocycles. The van der Waals surface area contributed by atoms with Crippen molar-refractivity contribution >= 4 is 5.91 Å². The fourth-order valence-electron chi connectivity index (χ4n) is 3.24. The maximum absolute atomic E-state index is 12.7. The quantitative estimate of drug-likeness (QED) is 0.923. The van der Waals surface area contributed by atoms with Crippen molar-refractivity contribution in [2.24, 2.45) is 0 Å². The molecule has 1 aromatic carbocycles. The summed E-state index contributed by atoms with van der Waals surface area (Å²) in [7, 11) is 0. The molecular formula is C17H24N2O2. The van der Waals surface area contributed by atoms with Gasteiger partial charge in [-0.3, -0.25) is 4.79 Å². The number of nitrogens with one attached hydrogen (secondary N) is 1. The summed E-state index contributed by atoms with van der Waals surface area (Å²) in [6.07, 6.45) is 3.28. The summed E-state index contributed by atoms with van der Waals surface area (Å²) in [5.41, 5.74) is 1.05. The van der Waals surface area contributed by atoms with Crippen molar-refractivity contribution in [1.82, 2.24) is 10.2 Å². The zero-order chi connectivity index (χ0) is 14.7.